The number of alkyl halides is 6. The van der Waals surface area contributed by atoms with Crippen LogP contribution in [-0.2, 0) is 4.57 Å². The molecule has 0 amide bonds. The van der Waals surface area contributed by atoms with Crippen molar-refractivity contribution in [2.75, 3.05) is 0 Å². The largest absolute Gasteiger partial charge is 0.810 e. The monoisotopic (exact) mass is 244 g/mol. The van der Waals surface area contributed by atoms with Gasteiger partial charge in [-0.1, -0.05) is 0 Å². The zero-order valence-corrected chi connectivity index (χ0v) is 7.33. The van der Waals surface area contributed by atoms with E-state index in [4.69, 9.17) is 0 Å². The normalized spacial score (nSPS) is 15.8. The van der Waals surface area contributed by atoms with Gasteiger partial charge in [-0.25, -0.2) is 0 Å². The van der Waals surface area contributed by atoms with Crippen molar-refractivity contribution >= 4 is 7.60 Å². The molecule has 0 atom stereocenters. The van der Waals surface area contributed by atoms with Crippen LogP contribution in [0.15, 0.2) is 0 Å². The number of hydrogen-bond donors (Lipinski definition) is 0. The fraction of sp³-hybridized carbons (Fsp3) is 1.00. The van der Waals surface area contributed by atoms with Crippen LogP contribution in [0.1, 0.15) is 6.92 Å². The molecular weight excluding hydrogens is 241 g/mol. The van der Waals surface area contributed by atoms with E-state index >= 15 is 0 Å². The molecule has 0 unspecified atom stereocenters. The molecule has 0 aromatic heterocycles. The molecule has 3 nitrogen and oxygen atoms in total. The van der Waals surface area contributed by atoms with Crippen LogP contribution in [0.2, 0.25) is 0 Å². The highest BCUT2D eigenvalue weighted by Gasteiger charge is 2.69. The molecule has 0 saturated heterocycles. The van der Waals surface area contributed by atoms with E-state index in [1.54, 1.807) is 0 Å². The summed E-state index contributed by atoms with van der Waals surface area (Å²) in [4.78, 5) is 20.0. The van der Waals surface area contributed by atoms with Crippen LogP contribution < -0.4 is 9.79 Å². The Bertz CT molecular complexity index is 247. The van der Waals surface area contributed by atoms with Crippen molar-refractivity contribution in [3.63, 3.8) is 0 Å². The molecule has 0 fully saturated rings. The van der Waals surface area contributed by atoms with E-state index < -0.39 is 32.0 Å². The van der Waals surface area contributed by atoms with Gasteiger partial charge >= 0.3 is 12.4 Å². The minimum Gasteiger partial charge on any atom is -0.810 e. The molecule has 0 aliphatic heterocycles. The Morgan fingerprint density at radius 1 is 0.929 bits per heavy atom. The molecule has 10 heteroatoms. The first-order valence-electron chi connectivity index (χ1n) is 2.91. The van der Waals surface area contributed by atoms with Crippen LogP contribution in [0.5, 0.6) is 0 Å². The summed E-state index contributed by atoms with van der Waals surface area (Å²) in [6, 6.07) is 0. The van der Waals surface area contributed by atoms with Crippen molar-refractivity contribution in [3.05, 3.63) is 0 Å². The average Bonchev–Trinajstić information content (AvgIpc) is 1.77. The lowest BCUT2D eigenvalue weighted by Gasteiger charge is -2.48. The van der Waals surface area contributed by atoms with Gasteiger partial charge in [-0.3, -0.25) is 0 Å². The molecule has 0 heterocycles. The van der Waals surface area contributed by atoms with Gasteiger partial charge in [0.05, 0.1) is 0 Å². The summed E-state index contributed by atoms with van der Waals surface area (Å²) in [6.45, 7) is -0.701. The average molecular weight is 244 g/mol. The summed E-state index contributed by atoms with van der Waals surface area (Å²) in [5, 5.41) is -5.24. The van der Waals surface area contributed by atoms with E-state index in [1.807, 2.05) is 0 Å². The lowest BCUT2D eigenvalue weighted by molar-refractivity contribution is -0.355. The second kappa shape index (κ2) is 3.11. The Hall–Kier alpha value is -0.270. The van der Waals surface area contributed by atoms with Crippen LogP contribution in [-0.4, -0.2) is 17.5 Å². The Kier molecular flexibility index (Phi) is 3.05. The second-order valence-electron chi connectivity index (χ2n) is 2.57. The minimum absolute atomic E-state index is 0.701. The van der Waals surface area contributed by atoms with Gasteiger partial charge in [-0.15, -0.1) is 0 Å². The van der Waals surface area contributed by atoms with E-state index in [1.165, 1.54) is 0 Å². The molecule has 0 aromatic rings. The second-order valence-corrected chi connectivity index (χ2v) is 4.45. The summed E-state index contributed by atoms with van der Waals surface area (Å²) in [5.74, 6) is 0. The Labute approximate surface area is 73.9 Å². The maximum atomic E-state index is 11.8. The maximum absolute atomic E-state index is 11.8. The molecule has 0 aliphatic rings. The van der Waals surface area contributed by atoms with Crippen molar-refractivity contribution in [1.29, 1.82) is 0 Å². The van der Waals surface area contributed by atoms with Crippen molar-refractivity contribution in [3.8, 4) is 0 Å². The van der Waals surface area contributed by atoms with E-state index in [9.17, 15) is 40.7 Å². The molecule has 86 valence electrons. The van der Waals surface area contributed by atoms with Gasteiger partial charge in [0.15, 0.2) is 5.16 Å². The third kappa shape index (κ3) is 1.89. The number of rotatable bonds is 1. The van der Waals surface area contributed by atoms with Gasteiger partial charge in [0, 0.05) is 0 Å². The highest BCUT2D eigenvalue weighted by Crippen LogP contribution is 2.60. The molecule has 14 heavy (non-hydrogen) atoms. The highest BCUT2D eigenvalue weighted by molar-refractivity contribution is 7.50. The van der Waals surface area contributed by atoms with Crippen molar-refractivity contribution < 1.29 is 40.7 Å². The summed E-state index contributed by atoms with van der Waals surface area (Å²) >= 11 is 0. The minimum atomic E-state index is -6.88. The maximum Gasteiger partial charge on any atom is 0.407 e. The molecule has 0 bridgehead atoms. The Morgan fingerprint density at radius 3 is 1.14 bits per heavy atom. The standard InChI is InChI=1S/C4H5F6O3P/c1-2(3(5,6)7,4(8,9)10)14(11,12)13/h1H3,(H2,11,12,13)/p-2. The first kappa shape index (κ1) is 13.7. The quantitative estimate of drug-likeness (QED) is 0.505. The summed E-state index contributed by atoms with van der Waals surface area (Å²) in [5.41, 5.74) is 0. The van der Waals surface area contributed by atoms with Gasteiger partial charge < -0.3 is 14.4 Å². The lowest BCUT2D eigenvalue weighted by Crippen LogP contribution is -2.58. The van der Waals surface area contributed by atoms with E-state index in [2.05, 4.69) is 0 Å². The van der Waals surface area contributed by atoms with Crippen LogP contribution in [0, 0.1) is 0 Å². The van der Waals surface area contributed by atoms with Crippen LogP contribution in [0.3, 0.4) is 0 Å². The van der Waals surface area contributed by atoms with Crippen LogP contribution >= 0.6 is 7.60 Å². The first-order chi connectivity index (χ1) is 5.75. The molecule has 0 rings (SSSR count). The van der Waals surface area contributed by atoms with Gasteiger partial charge in [-0.05, 0) is 14.5 Å². The van der Waals surface area contributed by atoms with Crippen LogP contribution in [0.4, 0.5) is 26.3 Å². The van der Waals surface area contributed by atoms with Crippen LogP contribution in [0.25, 0.3) is 0 Å². The molecule has 0 spiro atoms. The lowest BCUT2D eigenvalue weighted by atomic mass is 10.1. The molecule has 0 aromatic carbocycles. The van der Waals surface area contributed by atoms with Crippen molar-refractivity contribution in [1.82, 2.24) is 0 Å². The van der Waals surface area contributed by atoms with E-state index in [0.717, 1.165) is 0 Å². The molecule has 0 saturated carbocycles. The zero-order chi connectivity index (χ0) is 12.0. The Balaban J connectivity index is 5.67. The zero-order valence-electron chi connectivity index (χ0n) is 6.44. The van der Waals surface area contributed by atoms with E-state index in [-0.39, 0.29) is 0 Å². The molecule has 0 N–H and O–H groups in total. The van der Waals surface area contributed by atoms with Gasteiger partial charge in [0.2, 0.25) is 0 Å². The predicted octanol–water partition coefficient (Wildman–Crippen LogP) is 0.783. The van der Waals surface area contributed by atoms with Gasteiger partial charge in [0.1, 0.15) is 0 Å². The molecular formula is C4H3F6O3P-2. The third-order valence-corrected chi connectivity index (χ3v) is 3.25. The van der Waals surface area contributed by atoms with Crippen molar-refractivity contribution in [2.24, 2.45) is 0 Å². The third-order valence-electron chi connectivity index (χ3n) is 1.65. The van der Waals surface area contributed by atoms with Crippen molar-refractivity contribution in [2.45, 2.75) is 24.4 Å². The topological polar surface area (TPSA) is 63.2 Å². The fourth-order valence-electron chi connectivity index (χ4n) is 0.471. The molecule has 0 radical (unpaired) electrons. The summed E-state index contributed by atoms with van der Waals surface area (Å²) in [7, 11) is -6.88. The fourth-order valence-corrected chi connectivity index (χ4v) is 1.09. The predicted molar refractivity (Wildman–Crippen MR) is 28.1 cm³/mol. The van der Waals surface area contributed by atoms with Gasteiger partial charge in [-0.2, -0.15) is 26.3 Å². The highest BCUT2D eigenvalue weighted by atomic mass is 31.2. The number of hydrogen-bond acceptors (Lipinski definition) is 3. The Morgan fingerprint density at radius 2 is 1.14 bits per heavy atom. The number of halogens is 6. The van der Waals surface area contributed by atoms with Gasteiger partial charge in [0.25, 0.3) is 0 Å². The SMILES string of the molecule is CC(C(F)(F)F)(C(F)(F)F)P(=O)([O-])[O-]. The smallest absolute Gasteiger partial charge is 0.407 e. The summed E-state index contributed by atoms with van der Waals surface area (Å²) in [6.07, 6.45) is -12.4. The molecule has 0 aliphatic carbocycles. The first-order valence-corrected chi connectivity index (χ1v) is 4.45. The summed E-state index contributed by atoms with van der Waals surface area (Å²) < 4.78 is 80.8. The van der Waals surface area contributed by atoms with E-state index in [0.29, 0.717) is 0 Å².